The molecule has 1 aromatic rings. The van der Waals surface area contributed by atoms with Gasteiger partial charge in [0.1, 0.15) is 11.5 Å². The first kappa shape index (κ1) is 14.4. The Morgan fingerprint density at radius 2 is 1.50 bits per heavy atom. The van der Waals surface area contributed by atoms with Crippen molar-refractivity contribution in [2.75, 3.05) is 21.3 Å². The van der Waals surface area contributed by atoms with Gasteiger partial charge in [0.2, 0.25) is 0 Å². The van der Waals surface area contributed by atoms with E-state index in [9.17, 15) is 4.79 Å². The van der Waals surface area contributed by atoms with Crippen LogP contribution in [0.5, 0.6) is 11.5 Å². The average molecular weight is 251 g/mol. The lowest BCUT2D eigenvalue weighted by molar-refractivity contribution is 0.0655. The number of amides is 1. The summed E-state index contributed by atoms with van der Waals surface area (Å²) in [5, 5.41) is 0. The minimum absolute atomic E-state index is 0.0558. The first-order chi connectivity index (χ1) is 8.29. The molecular weight excluding hydrogens is 230 g/mol. The molecule has 0 N–H and O–H groups in total. The molecule has 4 heteroatoms. The minimum atomic E-state index is -0.229. The largest absolute Gasteiger partial charge is 0.497 e. The van der Waals surface area contributed by atoms with Crippen molar-refractivity contribution < 1.29 is 14.3 Å². The molecule has 0 aliphatic carbocycles. The molecule has 0 aliphatic heterocycles. The minimum Gasteiger partial charge on any atom is -0.497 e. The maximum absolute atomic E-state index is 12.3. The van der Waals surface area contributed by atoms with Crippen LogP contribution in [0.2, 0.25) is 0 Å². The van der Waals surface area contributed by atoms with Crippen LogP contribution in [0.15, 0.2) is 18.2 Å². The van der Waals surface area contributed by atoms with Crippen LogP contribution >= 0.6 is 0 Å². The molecule has 0 saturated heterocycles. The van der Waals surface area contributed by atoms with Gasteiger partial charge in [-0.2, -0.15) is 0 Å². The van der Waals surface area contributed by atoms with Gasteiger partial charge in [0.05, 0.1) is 14.2 Å². The number of nitrogens with zero attached hydrogens (tertiary/aromatic N) is 1. The highest BCUT2D eigenvalue weighted by molar-refractivity contribution is 5.95. The molecule has 0 bridgehead atoms. The summed E-state index contributed by atoms with van der Waals surface area (Å²) in [4.78, 5) is 14.0. The highest BCUT2D eigenvalue weighted by Gasteiger charge is 2.24. The molecule has 0 radical (unpaired) electrons. The highest BCUT2D eigenvalue weighted by atomic mass is 16.5. The van der Waals surface area contributed by atoms with Gasteiger partial charge in [0.25, 0.3) is 5.91 Å². The average Bonchev–Trinajstić information content (AvgIpc) is 2.35. The summed E-state index contributed by atoms with van der Waals surface area (Å²) in [6, 6.07) is 5.17. The van der Waals surface area contributed by atoms with Gasteiger partial charge in [-0.1, -0.05) is 0 Å². The van der Waals surface area contributed by atoms with E-state index in [1.54, 1.807) is 44.4 Å². The number of carbonyl (C=O) groups excluding carboxylic acids is 1. The second kappa shape index (κ2) is 5.29. The first-order valence-corrected chi connectivity index (χ1v) is 5.81. The Kier molecular flexibility index (Phi) is 4.22. The summed E-state index contributed by atoms with van der Waals surface area (Å²) in [7, 11) is 4.92. The highest BCUT2D eigenvalue weighted by Crippen LogP contribution is 2.24. The van der Waals surface area contributed by atoms with E-state index >= 15 is 0 Å². The molecule has 1 rings (SSSR count). The van der Waals surface area contributed by atoms with Crippen molar-refractivity contribution in [3.8, 4) is 11.5 Å². The third-order valence-corrected chi connectivity index (χ3v) is 2.91. The number of rotatable bonds is 3. The molecule has 0 atom stereocenters. The zero-order chi connectivity index (χ0) is 13.9. The molecule has 0 saturated carbocycles. The number of hydrogen-bond donors (Lipinski definition) is 0. The van der Waals surface area contributed by atoms with Gasteiger partial charge in [-0.3, -0.25) is 4.79 Å². The third-order valence-electron chi connectivity index (χ3n) is 2.91. The monoisotopic (exact) mass is 251 g/mol. The Hall–Kier alpha value is -1.71. The molecule has 0 aliphatic rings. The summed E-state index contributed by atoms with van der Waals surface area (Å²) in [6.07, 6.45) is 0. The van der Waals surface area contributed by atoms with Crippen molar-refractivity contribution in [2.45, 2.75) is 26.3 Å². The summed E-state index contributed by atoms with van der Waals surface area (Å²) in [5.74, 6) is 1.17. The van der Waals surface area contributed by atoms with Gasteiger partial charge in [-0.15, -0.1) is 0 Å². The fourth-order valence-corrected chi connectivity index (χ4v) is 1.43. The van der Waals surface area contributed by atoms with E-state index in [1.807, 2.05) is 20.8 Å². The smallest absolute Gasteiger partial charge is 0.254 e. The van der Waals surface area contributed by atoms with Gasteiger partial charge >= 0.3 is 0 Å². The molecule has 1 aromatic carbocycles. The molecule has 0 unspecified atom stereocenters. The number of hydrogen-bond acceptors (Lipinski definition) is 3. The van der Waals surface area contributed by atoms with Crippen LogP contribution in [0.25, 0.3) is 0 Å². The summed E-state index contributed by atoms with van der Waals surface area (Å²) < 4.78 is 10.3. The topological polar surface area (TPSA) is 38.8 Å². The van der Waals surface area contributed by atoms with Crippen molar-refractivity contribution in [2.24, 2.45) is 0 Å². The molecular formula is C14H21NO3. The second-order valence-corrected chi connectivity index (χ2v) is 5.14. The second-order valence-electron chi connectivity index (χ2n) is 5.14. The predicted octanol–water partition coefficient (Wildman–Crippen LogP) is 2.57. The fourth-order valence-electron chi connectivity index (χ4n) is 1.43. The molecule has 18 heavy (non-hydrogen) atoms. The normalized spacial score (nSPS) is 11.0. The van der Waals surface area contributed by atoms with Crippen molar-refractivity contribution in [3.63, 3.8) is 0 Å². The Morgan fingerprint density at radius 1 is 1.06 bits per heavy atom. The van der Waals surface area contributed by atoms with Crippen LogP contribution in [-0.4, -0.2) is 37.6 Å². The van der Waals surface area contributed by atoms with Crippen LogP contribution < -0.4 is 9.47 Å². The molecule has 100 valence electrons. The van der Waals surface area contributed by atoms with Gasteiger partial charge in [-0.25, -0.2) is 0 Å². The molecule has 1 amide bonds. The van der Waals surface area contributed by atoms with Gasteiger partial charge < -0.3 is 14.4 Å². The van der Waals surface area contributed by atoms with E-state index in [0.717, 1.165) is 0 Å². The van der Waals surface area contributed by atoms with E-state index in [4.69, 9.17) is 9.47 Å². The Morgan fingerprint density at radius 3 is 1.83 bits per heavy atom. The molecule has 0 fully saturated rings. The third kappa shape index (κ3) is 3.15. The van der Waals surface area contributed by atoms with Crippen LogP contribution in [0, 0.1) is 0 Å². The Bertz CT molecular complexity index is 413. The zero-order valence-corrected chi connectivity index (χ0v) is 11.9. The summed E-state index contributed by atoms with van der Waals surface area (Å²) in [5.41, 5.74) is 0.330. The van der Waals surface area contributed by atoms with Crippen molar-refractivity contribution in [3.05, 3.63) is 23.8 Å². The fraction of sp³-hybridized carbons (Fsp3) is 0.500. The standard InChI is InChI=1S/C14H21NO3/c1-14(2,3)15(4)13(16)10-7-11(17-5)9-12(8-10)18-6/h7-9H,1-6H3. The van der Waals surface area contributed by atoms with E-state index < -0.39 is 0 Å². The van der Waals surface area contributed by atoms with Gasteiger partial charge in [0.15, 0.2) is 0 Å². The summed E-state index contributed by atoms with van der Waals surface area (Å²) >= 11 is 0. The van der Waals surface area contributed by atoms with Crippen molar-refractivity contribution in [1.29, 1.82) is 0 Å². The van der Waals surface area contributed by atoms with E-state index in [-0.39, 0.29) is 11.4 Å². The molecule has 0 aromatic heterocycles. The summed E-state index contributed by atoms with van der Waals surface area (Å²) in [6.45, 7) is 5.97. The maximum Gasteiger partial charge on any atom is 0.254 e. The van der Waals surface area contributed by atoms with Gasteiger partial charge in [0, 0.05) is 24.2 Å². The van der Waals surface area contributed by atoms with Crippen molar-refractivity contribution >= 4 is 5.91 Å². The lowest BCUT2D eigenvalue weighted by atomic mass is 10.0. The molecule has 0 heterocycles. The SMILES string of the molecule is COc1cc(OC)cc(C(=O)N(C)C(C)(C)C)c1. The molecule has 0 spiro atoms. The quantitative estimate of drug-likeness (QED) is 0.828. The van der Waals surface area contributed by atoms with Crippen LogP contribution in [0.4, 0.5) is 0 Å². The molecule has 4 nitrogen and oxygen atoms in total. The van der Waals surface area contributed by atoms with E-state index in [2.05, 4.69) is 0 Å². The zero-order valence-electron chi connectivity index (χ0n) is 11.9. The van der Waals surface area contributed by atoms with Crippen LogP contribution in [0.3, 0.4) is 0 Å². The van der Waals surface area contributed by atoms with E-state index in [1.165, 1.54) is 0 Å². The Balaban J connectivity index is 3.12. The van der Waals surface area contributed by atoms with Gasteiger partial charge in [-0.05, 0) is 32.9 Å². The number of benzene rings is 1. The van der Waals surface area contributed by atoms with Crippen LogP contribution in [0.1, 0.15) is 31.1 Å². The number of ether oxygens (including phenoxy) is 2. The maximum atomic E-state index is 12.3. The van der Waals surface area contributed by atoms with Crippen LogP contribution in [-0.2, 0) is 0 Å². The number of methoxy groups -OCH3 is 2. The van der Waals surface area contributed by atoms with E-state index in [0.29, 0.717) is 17.1 Å². The van der Waals surface area contributed by atoms with Crippen molar-refractivity contribution in [1.82, 2.24) is 4.90 Å². The predicted molar refractivity (Wildman–Crippen MR) is 71.4 cm³/mol. The number of carbonyl (C=O) groups is 1. The Labute approximate surface area is 108 Å². The first-order valence-electron chi connectivity index (χ1n) is 5.81. The lowest BCUT2D eigenvalue weighted by Crippen LogP contribution is -2.42. The lowest BCUT2D eigenvalue weighted by Gasteiger charge is -2.32.